The highest BCUT2D eigenvalue weighted by Crippen LogP contribution is 2.41. The lowest BCUT2D eigenvalue weighted by Crippen LogP contribution is -2.32. The Bertz CT molecular complexity index is 7140. The van der Waals surface area contributed by atoms with Gasteiger partial charge in [-0.05, 0) is 180 Å². The molecule has 14 aromatic rings. The maximum absolute atomic E-state index is 12.6. The Kier molecular flexibility index (Phi) is 37.7. The number of pyridine rings is 2. The van der Waals surface area contributed by atoms with Gasteiger partial charge in [-0.15, -0.1) is 0 Å². The molecule has 147 heavy (non-hydrogen) atoms. The van der Waals surface area contributed by atoms with Gasteiger partial charge in [0.05, 0.1) is 115 Å². The van der Waals surface area contributed by atoms with E-state index in [-0.39, 0.29) is 120 Å². The van der Waals surface area contributed by atoms with Crippen LogP contribution in [0.25, 0.3) is 105 Å². The standard InChI is InChI=1S/C33H24O6.C21H18N2O10.C21H22N2O6.C19H17NO3.C19H16O4/c1-37-31-17-21(16-28-26-7-3-5-9-30(26)39-33(28)31)11-13-24(36)18-23(35)12-10-20-14-22(19-34)32-27(15-20)25-6-2-4-8-29(25)38-32;1-33-19-9-13(8-18(21(19)28)23(31)32)3-5-16(26)10-15(25)4-2-12-6-14(11-24)20(27)17(7-12)22(29)30;1-28-20-8-17(23-11-21(20)29-2)4-6-19(27)9-18(26)5-3-16-7-14(12-24)15(13-25)10-22-16;21-17-7-3-1-5-13(17)9-15-11-20-12-16(19(15)23)10-14-6-2-4-8-18(14)22;20-17-7-3-1-5-13(17)9-15-11-23-12-16(19(15)22)10-14-6-2-4-8-18(14)21/h2-17,34H,18-19H2,1H3;2-9,24,27-28H,10-11H2,1H3;3-8,10-11,24-25H,9,12-13H2,1-2H3;1-10,20-22H,11-12H2;1-10,20-21H,11-12H2/b12-10+,13-11+;4-2+,5-3+;5-3+,6-4+;2*15-9+,16-10+. The van der Waals surface area contributed by atoms with Gasteiger partial charge in [-0.3, -0.25) is 68.6 Å². The van der Waals surface area contributed by atoms with Gasteiger partial charge in [-0.2, -0.15) is 0 Å². The zero-order chi connectivity index (χ0) is 105. The molecule has 4 aromatic heterocycles. The fraction of sp³-hybridized carbons (Fsp3) is 0.133. The highest BCUT2D eigenvalue weighted by atomic mass is 16.6. The van der Waals surface area contributed by atoms with Crippen LogP contribution >= 0.6 is 0 Å². The topological polar surface area (TPSA) is 535 Å². The van der Waals surface area contributed by atoms with Crippen molar-refractivity contribution in [2.45, 2.75) is 45.7 Å². The molecule has 2 saturated heterocycles. The summed E-state index contributed by atoms with van der Waals surface area (Å²) in [6.45, 7) is -0.0401. The number of aromatic nitrogens is 2. The molecular formula is C113H97N5O29. The number of rotatable bonds is 32. The minimum Gasteiger partial charge on any atom is -0.507 e. The number of Topliss-reactive ketones (excluding diaryl/α,β-unsaturated/α-hetero) is 2. The van der Waals surface area contributed by atoms with Gasteiger partial charge in [0, 0.05) is 120 Å². The van der Waals surface area contributed by atoms with Crippen LogP contribution < -0.4 is 24.3 Å². The lowest BCUT2D eigenvalue weighted by molar-refractivity contribution is -0.386. The summed E-state index contributed by atoms with van der Waals surface area (Å²) in [5.74, 6) is -2.35. The average molecular weight is 1990 g/mol. The van der Waals surface area contributed by atoms with Crippen LogP contribution in [-0.4, -0.2) is 172 Å². The number of nitrogens with zero attached hydrogens (tertiary/aromatic N) is 4. The molecule has 34 nitrogen and oxygen atoms in total. The molecule has 0 aliphatic carbocycles. The summed E-state index contributed by atoms with van der Waals surface area (Å²) in [6.07, 6.45) is 24.5. The van der Waals surface area contributed by atoms with Crippen molar-refractivity contribution in [1.82, 2.24) is 15.3 Å². The molecule has 0 spiro atoms. The van der Waals surface area contributed by atoms with Gasteiger partial charge in [0.2, 0.25) is 5.75 Å². The average Bonchev–Trinajstić information content (AvgIpc) is 1.62. The molecule has 0 unspecified atom stereocenters. The molecular weight excluding hydrogens is 1890 g/mol. The number of methoxy groups -OCH3 is 4. The number of phenolic OH excluding ortho intramolecular Hbond substituents is 5. The van der Waals surface area contributed by atoms with Gasteiger partial charge in [-0.1, -0.05) is 133 Å². The first-order valence-corrected chi connectivity index (χ1v) is 45.0. The lowest BCUT2D eigenvalue weighted by atomic mass is 9.95. The second kappa shape index (κ2) is 51.7. The smallest absolute Gasteiger partial charge is 0.315 e. The molecule has 748 valence electrons. The van der Waals surface area contributed by atoms with Gasteiger partial charge in [0.25, 0.3) is 0 Å². The van der Waals surface area contributed by atoms with Crippen LogP contribution in [0.15, 0.2) is 286 Å². The third-order valence-corrected chi connectivity index (χ3v) is 22.4. The van der Waals surface area contributed by atoms with Crippen LogP contribution in [0, 0.1) is 20.2 Å². The molecule has 2 aliphatic rings. The van der Waals surface area contributed by atoms with Gasteiger partial charge in [0.15, 0.2) is 80.6 Å². The number of piperidine rings is 1. The number of hydrogen-bond donors (Lipinski definition) is 11. The summed E-state index contributed by atoms with van der Waals surface area (Å²) in [5, 5.41) is 125. The van der Waals surface area contributed by atoms with Gasteiger partial charge >= 0.3 is 11.4 Å². The van der Waals surface area contributed by atoms with Crippen LogP contribution in [0.1, 0.15) is 97.4 Å². The van der Waals surface area contributed by atoms with Crippen molar-refractivity contribution < 1.29 is 132 Å². The molecule has 16 rings (SSSR count). The number of hydrogen-bond acceptors (Lipinski definition) is 32. The second-order valence-electron chi connectivity index (χ2n) is 32.5. The number of nitro benzene ring substituents is 2. The Hall–Kier alpha value is -18.6. The van der Waals surface area contributed by atoms with E-state index in [0.717, 1.165) is 68.1 Å². The Morgan fingerprint density at radius 3 is 1.14 bits per heavy atom. The molecule has 2 fully saturated rings. The van der Waals surface area contributed by atoms with Crippen LogP contribution in [0.5, 0.6) is 57.5 Å². The third kappa shape index (κ3) is 28.9. The van der Waals surface area contributed by atoms with E-state index in [1.54, 1.807) is 153 Å². The number of benzene rings is 10. The number of carbonyl (C=O) groups excluding carboxylic acids is 8. The Morgan fingerprint density at radius 2 is 0.707 bits per heavy atom. The summed E-state index contributed by atoms with van der Waals surface area (Å²) >= 11 is 0. The Morgan fingerprint density at radius 1 is 0.361 bits per heavy atom. The van der Waals surface area contributed by atoms with Crippen LogP contribution in [0.3, 0.4) is 0 Å². The van der Waals surface area contributed by atoms with E-state index in [1.165, 1.54) is 94.5 Å². The first-order valence-electron chi connectivity index (χ1n) is 45.0. The first kappa shape index (κ1) is 107. The lowest BCUT2D eigenvalue weighted by Gasteiger charge is -2.18. The zero-order valence-corrected chi connectivity index (χ0v) is 79.3. The molecule has 34 heteroatoms. The van der Waals surface area contributed by atoms with E-state index in [4.69, 9.17) is 37.6 Å². The molecule has 11 N–H and O–H groups in total. The summed E-state index contributed by atoms with van der Waals surface area (Å²) in [5.41, 5.74) is 10.3. The van der Waals surface area contributed by atoms with Crippen molar-refractivity contribution >= 4 is 162 Å². The Balaban J connectivity index is 0.000000166. The summed E-state index contributed by atoms with van der Waals surface area (Å²) in [6, 6.07) is 57.9. The number of aliphatic hydroxyl groups is 4. The maximum atomic E-state index is 12.6. The predicted molar refractivity (Wildman–Crippen MR) is 551 cm³/mol. The number of phenols is 6. The van der Waals surface area contributed by atoms with Crippen molar-refractivity contribution in [1.29, 1.82) is 0 Å². The number of carbonyl (C=O) groups is 8. The number of aromatic hydroxyl groups is 6. The highest BCUT2D eigenvalue weighted by Gasteiger charge is 2.27. The van der Waals surface area contributed by atoms with Crippen LogP contribution in [0.2, 0.25) is 0 Å². The van der Waals surface area contributed by atoms with Crippen molar-refractivity contribution in [3.63, 3.8) is 0 Å². The van der Waals surface area contributed by atoms with Crippen LogP contribution in [-0.2, 0) is 69.5 Å². The fourth-order valence-electron chi connectivity index (χ4n) is 15.0. The molecule has 0 bridgehead atoms. The van der Waals surface area contributed by atoms with E-state index in [2.05, 4.69) is 15.3 Å². The quantitative estimate of drug-likeness (QED) is 0.00807. The number of fused-ring (bicyclic) bond motifs is 6. The van der Waals surface area contributed by atoms with Crippen molar-refractivity contribution in [2.24, 2.45) is 0 Å². The van der Waals surface area contributed by atoms with Gasteiger partial charge in [-0.25, -0.2) is 0 Å². The number of nitro groups is 2. The zero-order valence-electron chi connectivity index (χ0n) is 79.3. The normalized spacial score (nSPS) is 13.7. The fourth-order valence-corrected chi connectivity index (χ4v) is 15.0. The molecule has 0 atom stereocenters. The minimum absolute atomic E-state index is 0.0738. The van der Waals surface area contributed by atoms with Crippen molar-refractivity contribution in [3.8, 4) is 57.5 Å². The first-order chi connectivity index (χ1) is 70.9. The molecule has 0 radical (unpaired) electrons. The summed E-state index contributed by atoms with van der Waals surface area (Å²) < 4.78 is 38.0. The van der Waals surface area contributed by atoms with Crippen molar-refractivity contribution in [3.05, 3.63) is 376 Å². The third-order valence-electron chi connectivity index (χ3n) is 22.4. The number of ether oxygens (including phenoxy) is 5. The largest absolute Gasteiger partial charge is 0.507 e. The molecule has 0 amide bonds. The highest BCUT2D eigenvalue weighted by molar-refractivity contribution is 6.17. The summed E-state index contributed by atoms with van der Waals surface area (Å²) in [7, 11) is 5.77. The molecule has 10 aromatic carbocycles. The summed E-state index contributed by atoms with van der Waals surface area (Å²) in [4.78, 5) is 127. The van der Waals surface area contributed by atoms with E-state index in [1.807, 2.05) is 72.8 Å². The number of nitrogens with one attached hydrogen (secondary N) is 1. The SMILES string of the molecule is COc1cc(/C=C/C(=O)CC(=O)/C=C/c2cc(CO)c(O)c([N+](=O)[O-])c2)cc([N+](=O)[O-])c1O.COc1cc(/C=C/C(=O)CC(=O)/C=C/c2cc(CO)c3oc4ccccc4c3c2)cc2c1oc1ccccc12.COc1cnc(/C=C/C(=O)CC(=O)/C=C/c2cc(CO)c(CO)cn2)cc1OC.O=C1/C(=C/c2ccccc2O)CNC/C1=C\c1ccccc1O.O=C1/C(=C/c2ccccc2O)COC/C1=C\c1ccccc1O. The number of furan rings is 2. The minimum atomic E-state index is -0.843. The monoisotopic (exact) mass is 1990 g/mol. The molecule has 2 aliphatic heterocycles. The van der Waals surface area contributed by atoms with E-state index < -0.39 is 63.1 Å². The van der Waals surface area contributed by atoms with E-state index in [0.29, 0.717) is 114 Å². The number of allylic oxidation sites excluding steroid dienone is 6. The van der Waals surface area contributed by atoms with E-state index >= 15 is 0 Å². The van der Waals surface area contributed by atoms with Gasteiger partial charge in [0.1, 0.15) is 39.7 Å². The van der Waals surface area contributed by atoms with E-state index in [9.17, 15) is 105 Å². The number of ketones is 8. The molecule has 0 saturated carbocycles. The second-order valence-corrected chi connectivity index (χ2v) is 32.5. The number of para-hydroxylation sites is 6. The Labute approximate surface area is 838 Å². The van der Waals surface area contributed by atoms with Gasteiger partial charge < -0.3 is 88.9 Å². The van der Waals surface area contributed by atoms with Crippen LogP contribution in [0.4, 0.5) is 11.4 Å². The maximum Gasteiger partial charge on any atom is 0.315 e. The number of aliphatic hydroxyl groups excluding tert-OH is 4. The molecule has 6 heterocycles. The predicted octanol–water partition coefficient (Wildman–Crippen LogP) is 17.5. The van der Waals surface area contributed by atoms with Crippen molar-refractivity contribution in [2.75, 3.05) is 54.7 Å².